The highest BCUT2D eigenvalue weighted by molar-refractivity contribution is 6.30. The van der Waals surface area contributed by atoms with Crippen LogP contribution in [0.15, 0.2) is 54.6 Å². The summed E-state index contributed by atoms with van der Waals surface area (Å²) in [4.78, 5) is 26.5. The molecule has 0 saturated carbocycles. The molecule has 29 heavy (non-hydrogen) atoms. The van der Waals surface area contributed by atoms with Crippen molar-refractivity contribution in [2.75, 3.05) is 0 Å². The first-order valence-electron chi connectivity index (χ1n) is 9.32. The monoisotopic (exact) mass is 409 g/mol. The Kier molecular flexibility index (Phi) is 5.57. The highest BCUT2D eigenvalue weighted by atomic mass is 35.5. The van der Waals surface area contributed by atoms with Crippen molar-refractivity contribution in [3.05, 3.63) is 82.1 Å². The van der Waals surface area contributed by atoms with E-state index in [2.05, 4.69) is 15.6 Å². The van der Waals surface area contributed by atoms with E-state index >= 15 is 0 Å². The van der Waals surface area contributed by atoms with Crippen LogP contribution in [0.5, 0.6) is 0 Å². The van der Waals surface area contributed by atoms with Gasteiger partial charge in [-0.3, -0.25) is 9.59 Å². The minimum atomic E-state index is -0.123. The summed E-state index contributed by atoms with van der Waals surface area (Å²) >= 11 is 5.96. The molecule has 2 amide bonds. The van der Waals surface area contributed by atoms with E-state index in [4.69, 9.17) is 11.6 Å². The van der Waals surface area contributed by atoms with Crippen molar-refractivity contribution < 1.29 is 9.59 Å². The molecular weight excluding hydrogens is 390 g/mol. The van der Waals surface area contributed by atoms with Crippen molar-refractivity contribution >= 4 is 23.4 Å². The summed E-state index contributed by atoms with van der Waals surface area (Å²) in [5.41, 5.74) is 3.44. The molecule has 0 bridgehead atoms. The zero-order valence-electron chi connectivity index (χ0n) is 15.7. The molecule has 0 atom stereocenters. The van der Waals surface area contributed by atoms with Crippen LogP contribution < -0.4 is 5.32 Å². The number of hydrogen-bond acceptors (Lipinski definition) is 4. The first-order valence-corrected chi connectivity index (χ1v) is 9.70. The zero-order chi connectivity index (χ0) is 20.2. The van der Waals surface area contributed by atoms with Crippen molar-refractivity contribution in [3.63, 3.8) is 0 Å². The molecule has 7 nitrogen and oxygen atoms in total. The van der Waals surface area contributed by atoms with Crippen LogP contribution in [-0.2, 0) is 42.2 Å². The Balaban J connectivity index is 1.39. The van der Waals surface area contributed by atoms with Crippen molar-refractivity contribution in [3.8, 4) is 0 Å². The number of halogens is 1. The number of fused-ring (bicyclic) bond motifs is 1. The Hall–Kier alpha value is -3.19. The summed E-state index contributed by atoms with van der Waals surface area (Å²) in [6, 6.07) is 17.1. The van der Waals surface area contributed by atoms with E-state index in [0.717, 1.165) is 16.8 Å². The lowest BCUT2D eigenvalue weighted by Gasteiger charge is -2.27. The predicted octanol–water partition coefficient (Wildman–Crippen LogP) is 2.33. The minimum absolute atomic E-state index is 0.00259. The molecule has 1 aliphatic heterocycles. The van der Waals surface area contributed by atoms with Crippen LogP contribution in [0.3, 0.4) is 0 Å². The Morgan fingerprint density at radius 2 is 1.86 bits per heavy atom. The smallest absolute Gasteiger partial charge is 0.245 e. The lowest BCUT2D eigenvalue weighted by atomic mass is 10.1. The summed E-state index contributed by atoms with van der Waals surface area (Å²) < 4.78 is 1.61. The number of carbonyl (C=O) groups excluding carboxylic acids is 2. The second kappa shape index (κ2) is 8.45. The van der Waals surface area contributed by atoms with E-state index in [1.54, 1.807) is 21.7 Å². The molecule has 0 fully saturated rings. The topological polar surface area (TPSA) is 80.1 Å². The van der Waals surface area contributed by atoms with Gasteiger partial charge in [0, 0.05) is 11.6 Å². The molecule has 3 aromatic rings. The molecule has 2 heterocycles. The lowest BCUT2D eigenvalue weighted by Crippen LogP contribution is -2.39. The Labute approximate surface area is 173 Å². The largest absolute Gasteiger partial charge is 0.350 e. The quantitative estimate of drug-likeness (QED) is 0.677. The van der Waals surface area contributed by atoms with Gasteiger partial charge >= 0.3 is 0 Å². The SMILES string of the molecule is O=C(Cc1cccc(Cl)c1)NCc1nnn2c1CN(Cc1ccccc1)C(=O)C2. The van der Waals surface area contributed by atoms with E-state index < -0.39 is 0 Å². The maximum absolute atomic E-state index is 12.4. The van der Waals surface area contributed by atoms with Crippen molar-refractivity contribution in [2.24, 2.45) is 0 Å². The van der Waals surface area contributed by atoms with Gasteiger partial charge in [-0.25, -0.2) is 4.68 Å². The maximum Gasteiger partial charge on any atom is 0.245 e. The van der Waals surface area contributed by atoms with Crippen LogP contribution in [0, 0.1) is 0 Å². The highest BCUT2D eigenvalue weighted by Crippen LogP contribution is 2.18. The van der Waals surface area contributed by atoms with Gasteiger partial charge in [-0.15, -0.1) is 5.10 Å². The first kappa shape index (κ1) is 19.1. The molecule has 148 valence electrons. The first-order chi connectivity index (χ1) is 14.1. The summed E-state index contributed by atoms with van der Waals surface area (Å²) in [6.45, 7) is 1.37. The summed E-state index contributed by atoms with van der Waals surface area (Å²) in [7, 11) is 0. The Morgan fingerprint density at radius 3 is 2.66 bits per heavy atom. The average Bonchev–Trinajstić information content (AvgIpc) is 3.09. The third-order valence-corrected chi connectivity index (χ3v) is 5.05. The molecular formula is C21H20ClN5O2. The molecule has 1 N–H and O–H groups in total. The molecule has 2 aromatic carbocycles. The van der Waals surface area contributed by atoms with E-state index in [1.165, 1.54) is 0 Å². The van der Waals surface area contributed by atoms with Gasteiger partial charge in [0.1, 0.15) is 12.2 Å². The van der Waals surface area contributed by atoms with Crippen molar-refractivity contribution in [1.29, 1.82) is 0 Å². The van der Waals surface area contributed by atoms with Crippen LogP contribution in [0.2, 0.25) is 5.02 Å². The Morgan fingerprint density at radius 1 is 1.07 bits per heavy atom. The van der Waals surface area contributed by atoms with Gasteiger partial charge in [0.15, 0.2) is 0 Å². The van der Waals surface area contributed by atoms with E-state index in [0.29, 0.717) is 23.8 Å². The van der Waals surface area contributed by atoms with Crippen LogP contribution in [-0.4, -0.2) is 31.7 Å². The third-order valence-electron chi connectivity index (χ3n) is 4.82. The number of aromatic nitrogens is 3. The standard InChI is InChI=1S/C21H20ClN5O2/c22-17-8-4-7-16(9-17)10-20(28)23-11-18-19-13-26(12-15-5-2-1-3-6-15)21(29)14-27(19)25-24-18/h1-9H,10-14H2,(H,23,28). The highest BCUT2D eigenvalue weighted by Gasteiger charge is 2.27. The normalized spacial score (nSPS) is 13.3. The molecule has 0 radical (unpaired) electrons. The number of rotatable bonds is 6. The molecule has 4 rings (SSSR count). The molecule has 0 unspecified atom stereocenters. The van der Waals surface area contributed by atoms with Gasteiger partial charge < -0.3 is 10.2 Å². The van der Waals surface area contributed by atoms with E-state index in [9.17, 15) is 9.59 Å². The molecule has 8 heteroatoms. The van der Waals surface area contributed by atoms with Crippen molar-refractivity contribution in [1.82, 2.24) is 25.2 Å². The number of carbonyl (C=O) groups is 2. The molecule has 0 saturated heterocycles. The van der Waals surface area contributed by atoms with Crippen LogP contribution in [0.1, 0.15) is 22.5 Å². The fraction of sp³-hybridized carbons (Fsp3) is 0.238. The predicted molar refractivity (Wildman–Crippen MR) is 108 cm³/mol. The van der Waals surface area contributed by atoms with Gasteiger partial charge in [0.05, 0.1) is 25.2 Å². The summed E-state index contributed by atoms with van der Waals surface area (Å²) in [5.74, 6) is -0.121. The van der Waals surface area contributed by atoms with Crippen LogP contribution in [0.4, 0.5) is 0 Å². The van der Waals surface area contributed by atoms with Crippen LogP contribution >= 0.6 is 11.6 Å². The number of benzene rings is 2. The number of hydrogen-bond donors (Lipinski definition) is 1. The molecule has 0 aliphatic carbocycles. The second-order valence-electron chi connectivity index (χ2n) is 6.96. The van der Waals surface area contributed by atoms with Gasteiger partial charge in [-0.2, -0.15) is 0 Å². The third kappa shape index (κ3) is 4.63. The second-order valence-corrected chi connectivity index (χ2v) is 7.40. The van der Waals surface area contributed by atoms with Gasteiger partial charge in [0.25, 0.3) is 0 Å². The zero-order valence-corrected chi connectivity index (χ0v) is 16.5. The van der Waals surface area contributed by atoms with Crippen LogP contribution in [0.25, 0.3) is 0 Å². The van der Waals surface area contributed by atoms with E-state index in [1.807, 2.05) is 42.5 Å². The molecule has 1 aliphatic rings. The summed E-state index contributed by atoms with van der Waals surface area (Å²) in [6.07, 6.45) is 0.239. The van der Waals surface area contributed by atoms with Gasteiger partial charge in [-0.1, -0.05) is 59.3 Å². The van der Waals surface area contributed by atoms with Gasteiger partial charge in [-0.05, 0) is 23.3 Å². The number of amides is 2. The number of nitrogens with zero attached hydrogens (tertiary/aromatic N) is 4. The fourth-order valence-electron chi connectivity index (χ4n) is 3.33. The minimum Gasteiger partial charge on any atom is -0.350 e. The summed E-state index contributed by atoms with van der Waals surface area (Å²) in [5, 5.41) is 11.7. The lowest BCUT2D eigenvalue weighted by molar-refractivity contribution is -0.135. The number of nitrogens with one attached hydrogen (secondary N) is 1. The Bertz CT molecular complexity index is 1030. The van der Waals surface area contributed by atoms with Gasteiger partial charge in [0.2, 0.25) is 11.8 Å². The average molecular weight is 410 g/mol. The molecule has 1 aromatic heterocycles. The fourth-order valence-corrected chi connectivity index (χ4v) is 3.54. The van der Waals surface area contributed by atoms with Crippen molar-refractivity contribution in [2.45, 2.75) is 32.6 Å². The van der Waals surface area contributed by atoms with E-state index in [-0.39, 0.29) is 31.3 Å². The maximum atomic E-state index is 12.4. The molecule has 0 spiro atoms.